The number of carbonyl (C=O) groups is 1. The van der Waals surface area contributed by atoms with Crippen molar-refractivity contribution in [2.75, 3.05) is 6.61 Å². The van der Waals surface area contributed by atoms with E-state index in [1.807, 2.05) is 46.8 Å². The average molecular weight is 566 g/mol. The van der Waals surface area contributed by atoms with Gasteiger partial charge in [0.2, 0.25) is 10.0 Å². The molecule has 1 heterocycles. The van der Waals surface area contributed by atoms with Crippen LogP contribution in [-0.4, -0.2) is 43.8 Å². The topological polar surface area (TPSA) is 107 Å². The zero-order chi connectivity index (χ0) is 28.1. The minimum atomic E-state index is -3.81. The third-order valence-corrected chi connectivity index (χ3v) is 9.17. The van der Waals surface area contributed by atoms with Crippen LogP contribution in [0.1, 0.15) is 91.5 Å². The Bertz CT molecular complexity index is 1180. The molecule has 1 aromatic heterocycles. The third-order valence-electron chi connectivity index (χ3n) is 6.18. The van der Waals surface area contributed by atoms with Crippen LogP contribution in [0.2, 0.25) is 0 Å². The maximum Gasteiger partial charge on any atom is 0.407 e. The number of nitrogens with one attached hydrogen (secondary N) is 2. The molecule has 0 radical (unpaired) electrons. The molecule has 3 rings (SSSR count). The summed E-state index contributed by atoms with van der Waals surface area (Å²) in [6.45, 7) is 13.9. The quantitative estimate of drug-likeness (QED) is 0.342. The van der Waals surface area contributed by atoms with E-state index in [0.29, 0.717) is 23.8 Å². The lowest BCUT2D eigenvalue weighted by Gasteiger charge is -2.28. The average Bonchev–Trinajstić information content (AvgIpc) is 3.27. The molecule has 1 aliphatic carbocycles. The number of hydrogen-bond acceptors (Lipinski definition) is 7. The molecule has 1 fully saturated rings. The summed E-state index contributed by atoms with van der Waals surface area (Å²) in [6.07, 6.45) is 5.66. The molecule has 0 saturated heterocycles. The highest BCUT2D eigenvalue weighted by Gasteiger charge is 2.29. The van der Waals surface area contributed by atoms with Gasteiger partial charge in [-0.1, -0.05) is 13.8 Å². The van der Waals surface area contributed by atoms with E-state index in [1.165, 1.54) is 11.3 Å². The van der Waals surface area contributed by atoms with Gasteiger partial charge in [0.05, 0.1) is 27.5 Å². The number of rotatable bonds is 10. The number of alkyl carbamates (subject to hydrolysis) is 1. The number of ether oxygens (including phenoxy) is 2. The predicted octanol–water partition coefficient (Wildman–Crippen LogP) is 6.47. The highest BCUT2D eigenvalue weighted by molar-refractivity contribution is 7.89. The van der Waals surface area contributed by atoms with Crippen molar-refractivity contribution in [1.82, 2.24) is 15.0 Å². The van der Waals surface area contributed by atoms with Gasteiger partial charge in [0.25, 0.3) is 0 Å². The molecule has 2 N–H and O–H groups in total. The van der Waals surface area contributed by atoms with E-state index < -0.39 is 15.6 Å². The van der Waals surface area contributed by atoms with Gasteiger partial charge in [-0.05, 0) is 84.8 Å². The van der Waals surface area contributed by atoms with Gasteiger partial charge < -0.3 is 14.8 Å². The lowest BCUT2D eigenvalue weighted by molar-refractivity contribution is 0.109. The fourth-order valence-electron chi connectivity index (χ4n) is 4.39. The number of aromatic nitrogens is 1. The van der Waals surface area contributed by atoms with Gasteiger partial charge in [0.1, 0.15) is 5.75 Å². The summed E-state index contributed by atoms with van der Waals surface area (Å²) in [7, 11) is -3.81. The molecule has 38 heavy (non-hydrogen) atoms. The van der Waals surface area contributed by atoms with Gasteiger partial charge in [0, 0.05) is 35.3 Å². The van der Waals surface area contributed by atoms with Crippen LogP contribution in [-0.2, 0) is 14.8 Å². The minimum Gasteiger partial charge on any atom is -0.494 e. The van der Waals surface area contributed by atoms with Gasteiger partial charge in [-0.25, -0.2) is 22.9 Å². The van der Waals surface area contributed by atoms with Gasteiger partial charge in [0.15, 0.2) is 0 Å². The van der Waals surface area contributed by atoms with Crippen LogP contribution < -0.4 is 14.8 Å². The zero-order valence-corrected chi connectivity index (χ0v) is 25.3. The van der Waals surface area contributed by atoms with Crippen molar-refractivity contribution >= 4 is 27.5 Å². The summed E-state index contributed by atoms with van der Waals surface area (Å²) in [5.74, 6) is 1.31. The fourth-order valence-corrected chi connectivity index (χ4v) is 7.24. The Morgan fingerprint density at radius 2 is 1.82 bits per heavy atom. The maximum absolute atomic E-state index is 13.4. The predicted molar refractivity (Wildman–Crippen MR) is 152 cm³/mol. The largest absolute Gasteiger partial charge is 0.494 e. The van der Waals surface area contributed by atoms with E-state index in [1.54, 1.807) is 12.3 Å². The Morgan fingerprint density at radius 1 is 1.13 bits per heavy atom. The first kappa shape index (κ1) is 30.4. The Hall–Kier alpha value is -2.17. The van der Waals surface area contributed by atoms with Crippen LogP contribution in [0.5, 0.6) is 5.75 Å². The SMILES string of the molecule is CC(C)CCOc1ccc(-c2cnc(C3CCC(NC(=O)OC(C)C)CC3)s2)c(S(=O)(=O)NC(C)(C)C)c1. The van der Waals surface area contributed by atoms with Gasteiger partial charge in [-0.15, -0.1) is 11.3 Å². The van der Waals surface area contributed by atoms with Crippen molar-refractivity contribution < 1.29 is 22.7 Å². The first-order valence-electron chi connectivity index (χ1n) is 13.5. The highest BCUT2D eigenvalue weighted by Crippen LogP contribution is 2.40. The molecule has 1 amide bonds. The van der Waals surface area contributed by atoms with Crippen molar-refractivity contribution in [2.45, 2.75) is 109 Å². The standard InChI is InChI=1S/C28H43N3O5S2/c1-18(2)14-15-35-22-12-13-23(25(16-22)38(33,34)31-28(5,6)7)24-17-29-26(37-24)20-8-10-21(11-9-20)30-27(32)36-19(3)4/h12-13,16-21,31H,8-11,14-15H2,1-7H3,(H,30,32). The maximum atomic E-state index is 13.4. The number of hydrogen-bond donors (Lipinski definition) is 2. The van der Waals surface area contributed by atoms with Gasteiger partial charge in [-0.2, -0.15) is 0 Å². The van der Waals surface area contributed by atoms with Crippen molar-refractivity contribution in [3.05, 3.63) is 29.4 Å². The molecule has 8 nitrogen and oxygen atoms in total. The second kappa shape index (κ2) is 12.8. The minimum absolute atomic E-state index is 0.0976. The number of benzene rings is 1. The summed E-state index contributed by atoms with van der Waals surface area (Å²) < 4.78 is 40.8. The van der Waals surface area contributed by atoms with Crippen LogP contribution >= 0.6 is 11.3 Å². The first-order chi connectivity index (χ1) is 17.7. The summed E-state index contributed by atoms with van der Waals surface area (Å²) in [5, 5.41) is 3.95. The Morgan fingerprint density at radius 3 is 2.42 bits per heavy atom. The van der Waals surface area contributed by atoms with E-state index in [-0.39, 0.29) is 29.1 Å². The lowest BCUT2D eigenvalue weighted by Crippen LogP contribution is -2.40. The number of amides is 1. The summed E-state index contributed by atoms with van der Waals surface area (Å²) >= 11 is 1.54. The van der Waals surface area contributed by atoms with E-state index in [9.17, 15) is 13.2 Å². The molecule has 2 aromatic rings. The first-order valence-corrected chi connectivity index (χ1v) is 15.8. The molecular weight excluding hydrogens is 522 g/mol. The Labute approximate surface area is 232 Å². The molecule has 212 valence electrons. The van der Waals surface area contributed by atoms with Crippen LogP contribution in [0, 0.1) is 5.92 Å². The number of thiazole rings is 1. The second-order valence-corrected chi connectivity index (χ2v) is 14.5. The zero-order valence-electron chi connectivity index (χ0n) is 23.7. The summed E-state index contributed by atoms with van der Waals surface area (Å²) in [4.78, 5) is 17.6. The van der Waals surface area contributed by atoms with Crippen LogP contribution in [0.25, 0.3) is 10.4 Å². The molecule has 1 aliphatic rings. The smallest absolute Gasteiger partial charge is 0.407 e. The van der Waals surface area contributed by atoms with Gasteiger partial charge in [-0.3, -0.25) is 0 Å². The van der Waals surface area contributed by atoms with E-state index in [2.05, 4.69) is 23.9 Å². The summed E-state index contributed by atoms with van der Waals surface area (Å²) in [5.41, 5.74) is -0.00827. The van der Waals surface area contributed by atoms with Crippen LogP contribution in [0.15, 0.2) is 29.3 Å². The van der Waals surface area contributed by atoms with Crippen LogP contribution in [0.3, 0.4) is 0 Å². The molecule has 0 spiro atoms. The van der Waals surface area contributed by atoms with E-state index in [0.717, 1.165) is 42.0 Å². The normalized spacial score (nSPS) is 18.6. The van der Waals surface area contributed by atoms with Crippen molar-refractivity contribution in [2.24, 2.45) is 5.92 Å². The summed E-state index contributed by atoms with van der Waals surface area (Å²) in [6, 6.07) is 5.37. The number of carbonyl (C=O) groups excluding carboxylic acids is 1. The van der Waals surface area contributed by atoms with E-state index >= 15 is 0 Å². The fraction of sp³-hybridized carbons (Fsp3) is 0.643. The van der Waals surface area contributed by atoms with Crippen molar-refractivity contribution in [3.8, 4) is 16.2 Å². The molecule has 0 unspecified atom stereocenters. The Balaban J connectivity index is 1.79. The Kier molecular flexibility index (Phi) is 10.2. The molecule has 1 saturated carbocycles. The lowest BCUT2D eigenvalue weighted by atomic mass is 9.86. The third kappa shape index (κ3) is 8.95. The molecule has 10 heteroatoms. The number of nitrogens with zero attached hydrogens (tertiary/aromatic N) is 1. The highest BCUT2D eigenvalue weighted by atomic mass is 32.2. The molecule has 0 aliphatic heterocycles. The van der Waals surface area contributed by atoms with Gasteiger partial charge >= 0.3 is 6.09 Å². The molecule has 1 aromatic carbocycles. The van der Waals surface area contributed by atoms with Crippen molar-refractivity contribution in [3.63, 3.8) is 0 Å². The second-order valence-electron chi connectivity index (χ2n) is 11.8. The monoisotopic (exact) mass is 565 g/mol. The molecule has 0 bridgehead atoms. The molecule has 0 atom stereocenters. The van der Waals surface area contributed by atoms with Crippen molar-refractivity contribution in [1.29, 1.82) is 0 Å². The number of sulfonamides is 1. The van der Waals surface area contributed by atoms with E-state index in [4.69, 9.17) is 14.5 Å². The molecular formula is C28H43N3O5S2. The van der Waals surface area contributed by atoms with Crippen LogP contribution in [0.4, 0.5) is 4.79 Å².